The zero-order valence-corrected chi connectivity index (χ0v) is 11.6. The number of aryl methyl sites for hydroxylation is 1. The van der Waals surface area contributed by atoms with Gasteiger partial charge in [0.05, 0.1) is 0 Å². The minimum atomic E-state index is -0.0431. The molecular formula is C12H17ClN2S. The second kappa shape index (κ2) is 5.02. The van der Waals surface area contributed by atoms with E-state index in [1.165, 1.54) is 0 Å². The summed E-state index contributed by atoms with van der Waals surface area (Å²) >= 11 is 11.2. The molecule has 2 N–H and O–H groups in total. The molecule has 0 unspecified atom stereocenters. The Balaban J connectivity index is 2.67. The van der Waals surface area contributed by atoms with Crippen molar-refractivity contribution in [1.82, 2.24) is 5.32 Å². The third-order valence-electron chi connectivity index (χ3n) is 1.92. The molecule has 88 valence electrons. The highest BCUT2D eigenvalue weighted by molar-refractivity contribution is 7.80. The molecule has 1 rings (SSSR count). The minimum absolute atomic E-state index is 0.0431. The minimum Gasteiger partial charge on any atom is -0.358 e. The quantitative estimate of drug-likeness (QED) is 0.749. The summed E-state index contributed by atoms with van der Waals surface area (Å²) in [6.45, 7) is 8.15. The van der Waals surface area contributed by atoms with E-state index in [1.807, 2.05) is 25.1 Å². The van der Waals surface area contributed by atoms with Crippen molar-refractivity contribution in [2.75, 3.05) is 5.32 Å². The van der Waals surface area contributed by atoms with Crippen LogP contribution in [0.25, 0.3) is 0 Å². The molecule has 0 aliphatic carbocycles. The van der Waals surface area contributed by atoms with Crippen molar-refractivity contribution in [1.29, 1.82) is 0 Å². The number of anilines is 1. The van der Waals surface area contributed by atoms with Crippen molar-refractivity contribution >= 4 is 34.6 Å². The normalized spacial score (nSPS) is 11.1. The molecule has 0 atom stereocenters. The Bertz CT molecular complexity index is 396. The van der Waals surface area contributed by atoms with E-state index in [0.29, 0.717) is 5.11 Å². The smallest absolute Gasteiger partial charge is 0.171 e. The van der Waals surface area contributed by atoms with Crippen molar-refractivity contribution in [3.8, 4) is 0 Å². The van der Waals surface area contributed by atoms with Crippen LogP contribution in [-0.2, 0) is 0 Å². The molecule has 0 aromatic heterocycles. The number of benzene rings is 1. The number of thiocarbonyl (C=S) groups is 1. The SMILES string of the molecule is Cc1ccc(NC(=S)NC(C)(C)C)cc1Cl. The van der Waals surface area contributed by atoms with E-state index >= 15 is 0 Å². The van der Waals surface area contributed by atoms with Crippen LogP contribution in [0.2, 0.25) is 5.02 Å². The molecule has 0 fully saturated rings. The van der Waals surface area contributed by atoms with Gasteiger partial charge in [-0.05, 0) is 57.6 Å². The molecule has 0 aliphatic heterocycles. The van der Waals surface area contributed by atoms with Gasteiger partial charge in [-0.15, -0.1) is 0 Å². The first-order chi connectivity index (χ1) is 7.28. The van der Waals surface area contributed by atoms with Gasteiger partial charge in [-0.1, -0.05) is 17.7 Å². The standard InChI is InChI=1S/C12H17ClN2S/c1-8-5-6-9(7-10(8)13)14-11(16)15-12(2,3)4/h5-7H,1-4H3,(H2,14,15,16). The van der Waals surface area contributed by atoms with Gasteiger partial charge in [-0.25, -0.2) is 0 Å². The Labute approximate surface area is 107 Å². The lowest BCUT2D eigenvalue weighted by Crippen LogP contribution is -2.42. The van der Waals surface area contributed by atoms with Crippen LogP contribution < -0.4 is 10.6 Å². The van der Waals surface area contributed by atoms with Crippen molar-refractivity contribution in [3.05, 3.63) is 28.8 Å². The Hall–Kier alpha value is -0.800. The largest absolute Gasteiger partial charge is 0.358 e. The fourth-order valence-corrected chi connectivity index (χ4v) is 1.78. The van der Waals surface area contributed by atoms with Crippen LogP contribution in [0.1, 0.15) is 26.3 Å². The summed E-state index contributed by atoms with van der Waals surface area (Å²) in [6.07, 6.45) is 0. The van der Waals surface area contributed by atoms with E-state index in [-0.39, 0.29) is 5.54 Å². The Morgan fingerprint density at radius 2 is 1.94 bits per heavy atom. The van der Waals surface area contributed by atoms with Gasteiger partial charge in [0, 0.05) is 16.2 Å². The molecular weight excluding hydrogens is 240 g/mol. The summed E-state index contributed by atoms with van der Waals surface area (Å²) in [5.74, 6) is 0. The van der Waals surface area contributed by atoms with E-state index < -0.39 is 0 Å². The highest BCUT2D eigenvalue weighted by atomic mass is 35.5. The van der Waals surface area contributed by atoms with Gasteiger partial charge in [0.1, 0.15) is 0 Å². The molecule has 0 amide bonds. The second-order valence-electron chi connectivity index (χ2n) is 4.79. The van der Waals surface area contributed by atoms with E-state index in [2.05, 4.69) is 31.4 Å². The maximum Gasteiger partial charge on any atom is 0.171 e. The summed E-state index contributed by atoms with van der Waals surface area (Å²) in [4.78, 5) is 0. The predicted octanol–water partition coefficient (Wildman–Crippen LogP) is 3.73. The summed E-state index contributed by atoms with van der Waals surface area (Å²) in [7, 11) is 0. The third kappa shape index (κ3) is 4.37. The highest BCUT2D eigenvalue weighted by Gasteiger charge is 2.11. The van der Waals surface area contributed by atoms with Gasteiger partial charge in [-0.3, -0.25) is 0 Å². The van der Waals surface area contributed by atoms with Crippen molar-refractivity contribution in [2.24, 2.45) is 0 Å². The van der Waals surface area contributed by atoms with Gasteiger partial charge in [0.2, 0.25) is 0 Å². The van der Waals surface area contributed by atoms with Gasteiger partial charge in [0.25, 0.3) is 0 Å². The van der Waals surface area contributed by atoms with Gasteiger partial charge in [-0.2, -0.15) is 0 Å². The summed E-state index contributed by atoms with van der Waals surface area (Å²) in [6, 6.07) is 5.79. The maximum absolute atomic E-state index is 6.03. The van der Waals surface area contributed by atoms with E-state index in [0.717, 1.165) is 16.3 Å². The molecule has 16 heavy (non-hydrogen) atoms. The lowest BCUT2D eigenvalue weighted by Gasteiger charge is -2.23. The third-order valence-corrected chi connectivity index (χ3v) is 2.53. The van der Waals surface area contributed by atoms with Gasteiger partial charge in [0.15, 0.2) is 5.11 Å². The Morgan fingerprint density at radius 3 is 2.44 bits per heavy atom. The molecule has 0 radical (unpaired) electrons. The molecule has 0 saturated carbocycles. The zero-order chi connectivity index (χ0) is 12.3. The highest BCUT2D eigenvalue weighted by Crippen LogP contribution is 2.19. The fourth-order valence-electron chi connectivity index (χ4n) is 1.17. The number of nitrogens with one attached hydrogen (secondary N) is 2. The molecule has 0 saturated heterocycles. The topological polar surface area (TPSA) is 24.1 Å². The average Bonchev–Trinajstić information content (AvgIpc) is 2.08. The maximum atomic E-state index is 6.03. The van der Waals surface area contributed by atoms with Crippen molar-refractivity contribution in [2.45, 2.75) is 33.2 Å². The van der Waals surface area contributed by atoms with Crippen LogP contribution in [0.5, 0.6) is 0 Å². The van der Waals surface area contributed by atoms with Crippen LogP contribution >= 0.6 is 23.8 Å². The lowest BCUT2D eigenvalue weighted by atomic mass is 10.1. The summed E-state index contributed by atoms with van der Waals surface area (Å²) in [5, 5.41) is 7.62. The zero-order valence-electron chi connectivity index (χ0n) is 10.0. The first-order valence-corrected chi connectivity index (χ1v) is 5.92. The van der Waals surface area contributed by atoms with Crippen molar-refractivity contribution in [3.63, 3.8) is 0 Å². The van der Waals surface area contributed by atoms with E-state index in [9.17, 15) is 0 Å². The Kier molecular flexibility index (Phi) is 4.16. The molecule has 4 heteroatoms. The van der Waals surface area contributed by atoms with E-state index in [4.69, 9.17) is 23.8 Å². The van der Waals surface area contributed by atoms with Gasteiger partial charge >= 0.3 is 0 Å². The predicted molar refractivity (Wildman–Crippen MR) is 75.3 cm³/mol. The number of hydrogen-bond acceptors (Lipinski definition) is 1. The number of hydrogen-bond donors (Lipinski definition) is 2. The first-order valence-electron chi connectivity index (χ1n) is 5.13. The monoisotopic (exact) mass is 256 g/mol. The molecule has 0 bridgehead atoms. The number of rotatable bonds is 1. The Morgan fingerprint density at radius 1 is 1.31 bits per heavy atom. The van der Waals surface area contributed by atoms with E-state index in [1.54, 1.807) is 0 Å². The lowest BCUT2D eigenvalue weighted by molar-refractivity contribution is 0.515. The molecule has 0 spiro atoms. The van der Waals surface area contributed by atoms with Crippen LogP contribution in [0.15, 0.2) is 18.2 Å². The van der Waals surface area contributed by atoms with Crippen LogP contribution in [-0.4, -0.2) is 10.7 Å². The first kappa shape index (κ1) is 13.3. The average molecular weight is 257 g/mol. The van der Waals surface area contributed by atoms with Crippen molar-refractivity contribution < 1.29 is 0 Å². The van der Waals surface area contributed by atoms with Crippen LogP contribution in [0.3, 0.4) is 0 Å². The van der Waals surface area contributed by atoms with Crippen LogP contribution in [0, 0.1) is 6.92 Å². The molecule has 0 heterocycles. The van der Waals surface area contributed by atoms with Gasteiger partial charge < -0.3 is 10.6 Å². The van der Waals surface area contributed by atoms with Crippen LogP contribution in [0.4, 0.5) is 5.69 Å². The molecule has 1 aromatic carbocycles. The molecule has 1 aromatic rings. The number of halogens is 1. The second-order valence-corrected chi connectivity index (χ2v) is 5.61. The summed E-state index contributed by atoms with van der Waals surface area (Å²) in [5.41, 5.74) is 1.91. The summed E-state index contributed by atoms with van der Waals surface area (Å²) < 4.78 is 0. The molecule has 0 aliphatic rings. The fraction of sp³-hybridized carbons (Fsp3) is 0.417. The molecule has 2 nitrogen and oxygen atoms in total.